The van der Waals surface area contributed by atoms with Gasteiger partial charge in [-0.3, -0.25) is 9.59 Å². The Kier molecular flexibility index (Phi) is 6.06. The molecule has 6 nitrogen and oxygen atoms in total. The molecule has 1 fully saturated rings. The van der Waals surface area contributed by atoms with Crippen LogP contribution in [0, 0.1) is 5.92 Å². The van der Waals surface area contributed by atoms with E-state index in [1.807, 2.05) is 29.2 Å². The first-order valence-electron chi connectivity index (χ1n) is 9.24. The van der Waals surface area contributed by atoms with Crippen LogP contribution in [-0.4, -0.2) is 41.9 Å². The van der Waals surface area contributed by atoms with Crippen molar-refractivity contribution < 1.29 is 14.3 Å². The van der Waals surface area contributed by atoms with Crippen LogP contribution in [-0.2, 0) is 6.54 Å². The molecule has 3 rings (SSSR count). The van der Waals surface area contributed by atoms with Gasteiger partial charge in [-0.15, -0.1) is 0 Å². The molecule has 1 saturated heterocycles. The Labute approximate surface area is 159 Å². The molecule has 0 radical (unpaired) electrons. The number of nitrogens with one attached hydrogen (secondary N) is 1. The van der Waals surface area contributed by atoms with Gasteiger partial charge in [0.2, 0.25) is 0 Å². The van der Waals surface area contributed by atoms with E-state index in [0.29, 0.717) is 18.2 Å². The van der Waals surface area contributed by atoms with Crippen LogP contribution in [0.5, 0.6) is 5.75 Å². The van der Waals surface area contributed by atoms with Crippen LogP contribution < -0.4 is 10.1 Å². The number of ether oxygens (including phenoxy) is 1. The predicted octanol–water partition coefficient (Wildman–Crippen LogP) is 2.89. The minimum absolute atomic E-state index is 0.105. The summed E-state index contributed by atoms with van der Waals surface area (Å²) in [4.78, 5) is 31.2. The van der Waals surface area contributed by atoms with E-state index in [-0.39, 0.29) is 17.5 Å². The summed E-state index contributed by atoms with van der Waals surface area (Å²) in [5.41, 5.74) is 1.53. The van der Waals surface area contributed by atoms with Gasteiger partial charge in [-0.25, -0.2) is 4.98 Å². The van der Waals surface area contributed by atoms with Gasteiger partial charge in [0.1, 0.15) is 17.1 Å². The molecule has 1 aromatic heterocycles. The Morgan fingerprint density at radius 1 is 1.19 bits per heavy atom. The number of aromatic nitrogens is 1. The van der Waals surface area contributed by atoms with Gasteiger partial charge in [-0.05, 0) is 48.6 Å². The number of likely N-dealkylation sites (tertiary alicyclic amines) is 1. The summed E-state index contributed by atoms with van der Waals surface area (Å²) in [6, 6.07) is 12.5. The predicted molar refractivity (Wildman–Crippen MR) is 103 cm³/mol. The lowest BCUT2D eigenvalue weighted by atomic mass is 10.00. The Morgan fingerprint density at radius 2 is 1.93 bits per heavy atom. The number of rotatable bonds is 5. The highest BCUT2D eigenvalue weighted by Crippen LogP contribution is 2.17. The van der Waals surface area contributed by atoms with Gasteiger partial charge in [0.05, 0.1) is 7.11 Å². The summed E-state index contributed by atoms with van der Waals surface area (Å²) in [6.07, 6.45) is 2.15. The molecule has 0 bridgehead atoms. The molecule has 27 heavy (non-hydrogen) atoms. The third-order valence-corrected chi connectivity index (χ3v) is 4.76. The smallest absolute Gasteiger partial charge is 0.272 e. The number of carbonyl (C=O) groups is 2. The molecule has 0 saturated carbocycles. The Hall–Kier alpha value is -2.89. The Bertz CT molecular complexity index is 805. The third kappa shape index (κ3) is 4.84. The quantitative estimate of drug-likeness (QED) is 0.882. The highest BCUT2D eigenvalue weighted by molar-refractivity contribution is 5.96. The van der Waals surface area contributed by atoms with Crippen molar-refractivity contribution in [3.05, 3.63) is 59.4 Å². The third-order valence-electron chi connectivity index (χ3n) is 4.76. The number of pyridine rings is 1. The lowest BCUT2D eigenvalue weighted by molar-refractivity contribution is 0.0677. The number of piperidine rings is 1. The van der Waals surface area contributed by atoms with Crippen molar-refractivity contribution in [2.24, 2.45) is 5.92 Å². The van der Waals surface area contributed by atoms with Crippen molar-refractivity contribution in [3.63, 3.8) is 0 Å². The second-order valence-electron chi connectivity index (χ2n) is 6.94. The van der Waals surface area contributed by atoms with Gasteiger partial charge in [-0.1, -0.05) is 25.1 Å². The van der Waals surface area contributed by atoms with E-state index in [9.17, 15) is 9.59 Å². The Morgan fingerprint density at radius 3 is 2.63 bits per heavy atom. The highest BCUT2D eigenvalue weighted by Gasteiger charge is 2.23. The fourth-order valence-corrected chi connectivity index (χ4v) is 3.23. The van der Waals surface area contributed by atoms with Gasteiger partial charge in [0.15, 0.2) is 0 Å². The highest BCUT2D eigenvalue weighted by atomic mass is 16.5. The molecule has 0 aliphatic carbocycles. The maximum atomic E-state index is 12.7. The van der Waals surface area contributed by atoms with Crippen molar-refractivity contribution in [2.75, 3.05) is 20.2 Å². The number of methoxy groups -OCH3 is 1. The van der Waals surface area contributed by atoms with Crippen molar-refractivity contribution in [2.45, 2.75) is 26.3 Å². The zero-order valence-corrected chi connectivity index (χ0v) is 15.8. The zero-order chi connectivity index (χ0) is 19.2. The molecule has 1 unspecified atom stereocenters. The van der Waals surface area contributed by atoms with Crippen LogP contribution in [0.15, 0.2) is 42.5 Å². The van der Waals surface area contributed by atoms with Crippen LogP contribution in [0.25, 0.3) is 0 Å². The van der Waals surface area contributed by atoms with E-state index in [0.717, 1.165) is 37.2 Å². The fraction of sp³-hybridized carbons (Fsp3) is 0.381. The molecule has 1 aromatic carbocycles. The molecule has 142 valence electrons. The minimum atomic E-state index is -0.299. The maximum absolute atomic E-state index is 12.7. The number of nitrogens with zero attached hydrogens (tertiary/aromatic N) is 2. The average Bonchev–Trinajstić information content (AvgIpc) is 2.72. The standard InChI is InChI=1S/C21H25N3O3/c1-15-5-4-12-24(14-15)21(26)19-7-3-6-18(23-19)20(25)22-13-16-8-10-17(27-2)11-9-16/h3,6-11,15H,4-5,12-14H2,1-2H3,(H,22,25). The SMILES string of the molecule is COc1ccc(CNC(=O)c2cccc(C(=O)N3CCCC(C)C3)n2)cc1. The number of hydrogen-bond donors (Lipinski definition) is 1. The van der Waals surface area contributed by atoms with Crippen molar-refractivity contribution in [1.82, 2.24) is 15.2 Å². The van der Waals surface area contributed by atoms with Gasteiger partial charge in [-0.2, -0.15) is 0 Å². The van der Waals surface area contributed by atoms with Crippen molar-refractivity contribution in [3.8, 4) is 5.75 Å². The van der Waals surface area contributed by atoms with E-state index in [4.69, 9.17) is 4.74 Å². The van der Waals surface area contributed by atoms with Crippen LogP contribution in [0.4, 0.5) is 0 Å². The molecule has 6 heteroatoms. The minimum Gasteiger partial charge on any atom is -0.497 e. The van der Waals surface area contributed by atoms with E-state index >= 15 is 0 Å². The van der Waals surface area contributed by atoms with Gasteiger partial charge in [0.25, 0.3) is 11.8 Å². The molecule has 2 amide bonds. The summed E-state index contributed by atoms with van der Waals surface area (Å²) in [5.74, 6) is 0.863. The number of benzene rings is 1. The number of hydrogen-bond acceptors (Lipinski definition) is 4. The zero-order valence-electron chi connectivity index (χ0n) is 15.8. The summed E-state index contributed by atoms with van der Waals surface area (Å²) >= 11 is 0. The molecule has 2 aromatic rings. The molecule has 2 heterocycles. The van der Waals surface area contributed by atoms with Crippen LogP contribution in [0.3, 0.4) is 0 Å². The summed E-state index contributed by atoms with van der Waals surface area (Å²) < 4.78 is 5.12. The van der Waals surface area contributed by atoms with Crippen LogP contribution in [0.2, 0.25) is 0 Å². The lowest BCUT2D eigenvalue weighted by Gasteiger charge is -2.30. The average molecular weight is 367 g/mol. The summed E-state index contributed by atoms with van der Waals surface area (Å²) in [5, 5.41) is 2.84. The van der Waals surface area contributed by atoms with E-state index in [2.05, 4.69) is 17.2 Å². The molecular formula is C21H25N3O3. The Balaban J connectivity index is 1.63. The maximum Gasteiger partial charge on any atom is 0.272 e. The summed E-state index contributed by atoms with van der Waals surface area (Å²) in [7, 11) is 1.61. The van der Waals surface area contributed by atoms with E-state index in [1.165, 1.54) is 0 Å². The lowest BCUT2D eigenvalue weighted by Crippen LogP contribution is -2.39. The topological polar surface area (TPSA) is 71.5 Å². The first-order chi connectivity index (χ1) is 13.1. The number of amides is 2. The van der Waals surface area contributed by atoms with E-state index < -0.39 is 0 Å². The molecule has 0 spiro atoms. The fourth-order valence-electron chi connectivity index (χ4n) is 3.23. The molecule has 1 aliphatic rings. The second kappa shape index (κ2) is 8.66. The van der Waals surface area contributed by atoms with Crippen molar-refractivity contribution in [1.29, 1.82) is 0 Å². The largest absolute Gasteiger partial charge is 0.497 e. The van der Waals surface area contributed by atoms with Gasteiger partial charge >= 0.3 is 0 Å². The molecule has 1 atom stereocenters. The normalized spacial score (nSPS) is 16.7. The molecular weight excluding hydrogens is 342 g/mol. The van der Waals surface area contributed by atoms with Crippen LogP contribution >= 0.6 is 0 Å². The number of carbonyl (C=O) groups excluding carboxylic acids is 2. The second-order valence-corrected chi connectivity index (χ2v) is 6.94. The van der Waals surface area contributed by atoms with E-state index in [1.54, 1.807) is 25.3 Å². The first-order valence-corrected chi connectivity index (χ1v) is 9.24. The van der Waals surface area contributed by atoms with Gasteiger partial charge < -0.3 is 15.0 Å². The first kappa shape index (κ1) is 18.9. The van der Waals surface area contributed by atoms with Gasteiger partial charge in [0, 0.05) is 19.6 Å². The molecule has 1 aliphatic heterocycles. The van der Waals surface area contributed by atoms with Crippen molar-refractivity contribution >= 4 is 11.8 Å². The van der Waals surface area contributed by atoms with Crippen LogP contribution in [0.1, 0.15) is 46.3 Å². The molecule has 1 N–H and O–H groups in total. The summed E-state index contributed by atoms with van der Waals surface area (Å²) in [6.45, 7) is 4.02. The monoisotopic (exact) mass is 367 g/mol.